The molecule has 2 fully saturated rings. The predicted octanol–water partition coefficient (Wildman–Crippen LogP) is 1.98. The van der Waals surface area contributed by atoms with Crippen LogP contribution in [0.1, 0.15) is 49.5 Å². The third kappa shape index (κ3) is 1.69. The van der Waals surface area contributed by atoms with Gasteiger partial charge in [0.05, 0.1) is 5.69 Å². The minimum atomic E-state index is 0.138. The van der Waals surface area contributed by atoms with Crippen LogP contribution in [0.4, 0.5) is 0 Å². The number of nitrogens with zero attached hydrogens (tertiary/aromatic N) is 1. The largest absolute Gasteiger partial charge is 0.361 e. The monoisotopic (exact) mass is 192 g/mol. The Balaban J connectivity index is 1.59. The molecule has 76 valence electrons. The standard InChI is InChI=1S/C11H16N2O/c12-11(5-6-11)4-3-9-7-10(14-13-9)8-1-2-8/h7-8H,1-6,12H2. The summed E-state index contributed by atoms with van der Waals surface area (Å²) in [6.07, 6.45) is 6.95. The molecule has 0 saturated heterocycles. The van der Waals surface area contributed by atoms with Crippen LogP contribution in [-0.4, -0.2) is 10.7 Å². The molecule has 1 aromatic heterocycles. The summed E-state index contributed by atoms with van der Waals surface area (Å²) in [7, 11) is 0. The Morgan fingerprint density at radius 3 is 2.93 bits per heavy atom. The fourth-order valence-electron chi connectivity index (χ4n) is 1.79. The van der Waals surface area contributed by atoms with Gasteiger partial charge in [0.25, 0.3) is 0 Å². The quantitative estimate of drug-likeness (QED) is 0.793. The molecule has 1 heterocycles. The van der Waals surface area contributed by atoms with Gasteiger partial charge >= 0.3 is 0 Å². The van der Waals surface area contributed by atoms with Crippen LogP contribution >= 0.6 is 0 Å². The van der Waals surface area contributed by atoms with Crippen molar-refractivity contribution in [3.05, 3.63) is 17.5 Å². The summed E-state index contributed by atoms with van der Waals surface area (Å²) in [5, 5.41) is 4.08. The average Bonchev–Trinajstić information content (AvgIpc) is 3.08. The minimum Gasteiger partial charge on any atom is -0.361 e. The maximum absolute atomic E-state index is 6.01. The van der Waals surface area contributed by atoms with Crippen molar-refractivity contribution >= 4 is 0 Å². The second-order valence-corrected chi connectivity index (χ2v) is 4.86. The predicted molar refractivity (Wildman–Crippen MR) is 53.0 cm³/mol. The molecule has 1 aromatic rings. The second kappa shape index (κ2) is 2.83. The molecule has 0 aliphatic heterocycles. The fraction of sp³-hybridized carbons (Fsp3) is 0.727. The van der Waals surface area contributed by atoms with Crippen molar-refractivity contribution in [2.24, 2.45) is 5.73 Å². The van der Waals surface area contributed by atoms with Crippen LogP contribution in [0.25, 0.3) is 0 Å². The Labute approximate surface area is 83.6 Å². The summed E-state index contributed by atoms with van der Waals surface area (Å²) < 4.78 is 5.28. The number of hydrogen-bond acceptors (Lipinski definition) is 3. The van der Waals surface area contributed by atoms with Gasteiger partial charge in [-0.2, -0.15) is 0 Å². The molecule has 2 aliphatic rings. The van der Waals surface area contributed by atoms with Crippen LogP contribution < -0.4 is 5.73 Å². The topological polar surface area (TPSA) is 52.0 Å². The van der Waals surface area contributed by atoms with E-state index >= 15 is 0 Å². The first-order valence-corrected chi connectivity index (χ1v) is 5.50. The normalized spacial score (nSPS) is 23.8. The molecule has 14 heavy (non-hydrogen) atoms. The highest BCUT2D eigenvalue weighted by Gasteiger charge is 2.37. The minimum absolute atomic E-state index is 0.138. The van der Waals surface area contributed by atoms with Crippen molar-refractivity contribution in [1.82, 2.24) is 5.16 Å². The zero-order valence-electron chi connectivity index (χ0n) is 8.33. The van der Waals surface area contributed by atoms with Crippen molar-refractivity contribution in [2.45, 2.75) is 50.0 Å². The summed E-state index contributed by atoms with van der Waals surface area (Å²) in [5.74, 6) is 1.76. The zero-order valence-corrected chi connectivity index (χ0v) is 8.33. The van der Waals surface area contributed by atoms with Crippen molar-refractivity contribution in [1.29, 1.82) is 0 Å². The van der Waals surface area contributed by atoms with Crippen LogP contribution in [-0.2, 0) is 6.42 Å². The van der Waals surface area contributed by atoms with Crippen molar-refractivity contribution in [3.8, 4) is 0 Å². The molecule has 3 nitrogen and oxygen atoms in total. The van der Waals surface area contributed by atoms with E-state index in [1.807, 2.05) is 0 Å². The highest BCUT2D eigenvalue weighted by atomic mass is 16.5. The van der Waals surface area contributed by atoms with Gasteiger partial charge < -0.3 is 10.3 Å². The third-order valence-electron chi connectivity index (χ3n) is 3.33. The molecule has 3 heteroatoms. The smallest absolute Gasteiger partial charge is 0.140 e. The summed E-state index contributed by atoms with van der Waals surface area (Å²) in [4.78, 5) is 0. The molecule has 0 unspecified atom stereocenters. The molecule has 0 amide bonds. The van der Waals surface area contributed by atoms with E-state index in [-0.39, 0.29) is 5.54 Å². The van der Waals surface area contributed by atoms with E-state index in [0.29, 0.717) is 5.92 Å². The molecular weight excluding hydrogens is 176 g/mol. The van der Waals surface area contributed by atoms with Crippen LogP contribution in [0.2, 0.25) is 0 Å². The first-order chi connectivity index (χ1) is 6.75. The van der Waals surface area contributed by atoms with E-state index in [4.69, 9.17) is 10.3 Å². The average molecular weight is 192 g/mol. The van der Waals surface area contributed by atoms with Gasteiger partial charge in [-0.05, 0) is 38.5 Å². The van der Waals surface area contributed by atoms with E-state index in [1.165, 1.54) is 25.7 Å². The molecule has 3 rings (SSSR count). The Kier molecular flexibility index (Phi) is 1.71. The van der Waals surface area contributed by atoms with Crippen LogP contribution in [0, 0.1) is 0 Å². The van der Waals surface area contributed by atoms with Crippen molar-refractivity contribution in [2.75, 3.05) is 0 Å². The van der Waals surface area contributed by atoms with Crippen molar-refractivity contribution in [3.63, 3.8) is 0 Å². The number of aryl methyl sites for hydroxylation is 1. The molecule has 2 saturated carbocycles. The number of nitrogens with two attached hydrogens (primary N) is 1. The van der Waals surface area contributed by atoms with Crippen LogP contribution in [0.5, 0.6) is 0 Å². The van der Waals surface area contributed by atoms with E-state index < -0.39 is 0 Å². The van der Waals surface area contributed by atoms with E-state index in [1.54, 1.807) is 0 Å². The Hall–Kier alpha value is -0.830. The van der Waals surface area contributed by atoms with Gasteiger partial charge in [0.15, 0.2) is 0 Å². The maximum atomic E-state index is 6.01. The van der Waals surface area contributed by atoms with Crippen molar-refractivity contribution < 1.29 is 4.52 Å². The zero-order chi connectivity index (χ0) is 9.60. The lowest BCUT2D eigenvalue weighted by Crippen LogP contribution is -2.22. The molecule has 2 aliphatic carbocycles. The summed E-state index contributed by atoms with van der Waals surface area (Å²) >= 11 is 0. The van der Waals surface area contributed by atoms with Gasteiger partial charge in [-0.15, -0.1) is 0 Å². The highest BCUT2D eigenvalue weighted by Crippen LogP contribution is 2.41. The van der Waals surface area contributed by atoms with Crippen LogP contribution in [0.15, 0.2) is 10.6 Å². The fourth-order valence-corrected chi connectivity index (χ4v) is 1.79. The van der Waals surface area contributed by atoms with Gasteiger partial charge in [0, 0.05) is 17.5 Å². The van der Waals surface area contributed by atoms with E-state index in [2.05, 4.69) is 11.2 Å². The summed E-state index contributed by atoms with van der Waals surface area (Å²) in [5.41, 5.74) is 7.24. The first kappa shape index (κ1) is 8.48. The number of aromatic nitrogens is 1. The van der Waals surface area contributed by atoms with Gasteiger partial charge in [-0.25, -0.2) is 0 Å². The molecule has 0 atom stereocenters. The number of hydrogen-bond donors (Lipinski definition) is 1. The Morgan fingerprint density at radius 1 is 1.50 bits per heavy atom. The summed E-state index contributed by atoms with van der Waals surface area (Å²) in [6.45, 7) is 0. The lowest BCUT2D eigenvalue weighted by molar-refractivity contribution is 0.376. The van der Waals surface area contributed by atoms with Gasteiger partial charge in [0.2, 0.25) is 0 Å². The summed E-state index contributed by atoms with van der Waals surface area (Å²) in [6, 6.07) is 2.11. The molecule has 0 aromatic carbocycles. The van der Waals surface area contributed by atoms with E-state index in [9.17, 15) is 0 Å². The highest BCUT2D eigenvalue weighted by molar-refractivity contribution is 5.15. The molecule has 2 N–H and O–H groups in total. The van der Waals surface area contributed by atoms with Crippen LogP contribution in [0.3, 0.4) is 0 Å². The Morgan fingerprint density at radius 2 is 2.29 bits per heavy atom. The Bertz CT molecular complexity index is 337. The lowest BCUT2D eigenvalue weighted by Gasteiger charge is -2.04. The lowest BCUT2D eigenvalue weighted by atomic mass is 10.1. The molecular formula is C11H16N2O. The van der Waals surface area contributed by atoms with Gasteiger partial charge in [-0.1, -0.05) is 5.16 Å². The third-order valence-corrected chi connectivity index (χ3v) is 3.33. The van der Waals surface area contributed by atoms with Gasteiger partial charge in [-0.3, -0.25) is 0 Å². The first-order valence-electron chi connectivity index (χ1n) is 5.50. The second-order valence-electron chi connectivity index (χ2n) is 4.86. The molecule has 0 radical (unpaired) electrons. The van der Waals surface area contributed by atoms with E-state index in [0.717, 1.165) is 24.3 Å². The number of rotatable bonds is 4. The molecule has 0 bridgehead atoms. The molecule has 0 spiro atoms. The SMILES string of the molecule is NC1(CCc2cc(C3CC3)on2)CC1. The van der Waals surface area contributed by atoms with Gasteiger partial charge in [0.1, 0.15) is 5.76 Å². The maximum Gasteiger partial charge on any atom is 0.140 e.